The molecule has 1 amide bonds. The summed E-state index contributed by atoms with van der Waals surface area (Å²) in [6.45, 7) is 6.18. The van der Waals surface area contributed by atoms with Crippen LogP contribution in [0.5, 0.6) is 5.75 Å². The van der Waals surface area contributed by atoms with E-state index >= 15 is 0 Å². The lowest BCUT2D eigenvalue weighted by Crippen LogP contribution is -2.21. The van der Waals surface area contributed by atoms with Gasteiger partial charge in [-0.15, -0.1) is 0 Å². The minimum atomic E-state index is -0.196. The lowest BCUT2D eigenvalue weighted by molar-refractivity contribution is -0.114. The standard InChI is InChI=1S/C35H28N4O2/c1-3-21-41-32-20-19-27(22-25(32)2)33-28(24-38(36-33)29-15-9-5-10-16-29)23-31-34(26-13-7-4-8-14-26)37-39(35(31)40)30-17-11-6-12-18-30/h3-20,22-24H,1,21H2,2H3/b31-23-. The zero-order chi connectivity index (χ0) is 28.2. The molecule has 5 aromatic rings. The monoisotopic (exact) mass is 536 g/mol. The third-order valence-corrected chi connectivity index (χ3v) is 6.79. The molecule has 0 spiro atoms. The number of ether oxygens (including phenoxy) is 1. The van der Waals surface area contributed by atoms with Crippen molar-refractivity contribution < 1.29 is 9.53 Å². The number of anilines is 1. The lowest BCUT2D eigenvalue weighted by Gasteiger charge is -2.11. The van der Waals surface area contributed by atoms with Crippen molar-refractivity contribution >= 4 is 23.4 Å². The second kappa shape index (κ2) is 11.3. The summed E-state index contributed by atoms with van der Waals surface area (Å²) in [7, 11) is 0. The minimum Gasteiger partial charge on any atom is -0.489 e. The SMILES string of the molecule is C=CCOc1ccc(-c2nn(-c3ccccc3)cc2/C=C2\C(=O)N(c3ccccc3)N=C2c2ccccc2)cc1C. The molecule has 0 saturated carbocycles. The van der Waals surface area contributed by atoms with E-state index in [0.29, 0.717) is 23.6 Å². The summed E-state index contributed by atoms with van der Waals surface area (Å²) in [4.78, 5) is 13.9. The molecule has 6 nitrogen and oxygen atoms in total. The molecule has 0 fully saturated rings. The fraction of sp³-hybridized carbons (Fsp3) is 0.0571. The molecule has 1 aromatic heterocycles. The van der Waals surface area contributed by atoms with Crippen LogP contribution in [-0.4, -0.2) is 28.0 Å². The van der Waals surface area contributed by atoms with E-state index in [-0.39, 0.29) is 5.91 Å². The smallest absolute Gasteiger partial charge is 0.281 e. The topological polar surface area (TPSA) is 59.7 Å². The molecule has 200 valence electrons. The maximum absolute atomic E-state index is 13.9. The van der Waals surface area contributed by atoms with Crippen LogP contribution in [-0.2, 0) is 4.79 Å². The number of hydrazone groups is 1. The zero-order valence-electron chi connectivity index (χ0n) is 22.6. The van der Waals surface area contributed by atoms with Crippen molar-refractivity contribution in [2.75, 3.05) is 11.6 Å². The number of aromatic nitrogens is 2. The summed E-state index contributed by atoms with van der Waals surface area (Å²) >= 11 is 0. The predicted octanol–water partition coefficient (Wildman–Crippen LogP) is 7.25. The van der Waals surface area contributed by atoms with Gasteiger partial charge in [-0.2, -0.15) is 15.2 Å². The summed E-state index contributed by atoms with van der Waals surface area (Å²) in [5.41, 5.74) is 7.05. The number of nitrogens with zero attached hydrogens (tertiary/aromatic N) is 4. The molecule has 6 rings (SSSR count). The van der Waals surface area contributed by atoms with Gasteiger partial charge >= 0.3 is 0 Å². The normalized spacial score (nSPS) is 13.9. The van der Waals surface area contributed by atoms with E-state index in [0.717, 1.165) is 39.4 Å². The molecule has 0 radical (unpaired) electrons. The summed E-state index contributed by atoms with van der Waals surface area (Å²) in [5.74, 6) is 0.594. The Morgan fingerprint density at radius 3 is 2.15 bits per heavy atom. The van der Waals surface area contributed by atoms with Crippen LogP contribution in [0.25, 0.3) is 23.0 Å². The second-order valence-corrected chi connectivity index (χ2v) is 9.62. The summed E-state index contributed by atoms with van der Waals surface area (Å²) in [6.07, 6.45) is 5.58. The highest BCUT2D eigenvalue weighted by Crippen LogP contribution is 2.33. The van der Waals surface area contributed by atoms with Gasteiger partial charge in [0, 0.05) is 22.9 Å². The molecule has 0 aliphatic carbocycles. The van der Waals surface area contributed by atoms with Crippen molar-refractivity contribution in [1.82, 2.24) is 9.78 Å². The van der Waals surface area contributed by atoms with Crippen molar-refractivity contribution in [2.45, 2.75) is 6.92 Å². The van der Waals surface area contributed by atoms with Crippen LogP contribution in [0.15, 0.2) is 139 Å². The molecular formula is C35H28N4O2. The molecule has 0 unspecified atom stereocenters. The number of para-hydroxylation sites is 2. The molecule has 0 N–H and O–H groups in total. The Bertz CT molecular complexity index is 1770. The zero-order valence-corrected chi connectivity index (χ0v) is 22.6. The van der Waals surface area contributed by atoms with Crippen LogP contribution in [0.4, 0.5) is 5.69 Å². The largest absolute Gasteiger partial charge is 0.489 e. The van der Waals surface area contributed by atoms with Crippen molar-refractivity contribution in [3.8, 4) is 22.7 Å². The van der Waals surface area contributed by atoms with E-state index in [1.807, 2.05) is 127 Å². The summed E-state index contributed by atoms with van der Waals surface area (Å²) < 4.78 is 7.64. The van der Waals surface area contributed by atoms with Crippen LogP contribution in [0, 0.1) is 6.92 Å². The van der Waals surface area contributed by atoms with Gasteiger partial charge in [0.2, 0.25) is 0 Å². The average molecular weight is 537 g/mol. The van der Waals surface area contributed by atoms with Gasteiger partial charge in [-0.25, -0.2) is 4.68 Å². The van der Waals surface area contributed by atoms with E-state index in [2.05, 4.69) is 12.6 Å². The van der Waals surface area contributed by atoms with Crippen molar-refractivity contribution in [3.05, 3.63) is 150 Å². The Morgan fingerprint density at radius 2 is 1.49 bits per heavy atom. The van der Waals surface area contributed by atoms with Crippen LogP contribution in [0.3, 0.4) is 0 Å². The maximum Gasteiger partial charge on any atom is 0.281 e. The van der Waals surface area contributed by atoms with Gasteiger partial charge in [-0.05, 0) is 61.0 Å². The number of aryl methyl sites for hydroxylation is 1. The third kappa shape index (κ3) is 5.23. The first-order chi connectivity index (χ1) is 20.1. The summed E-state index contributed by atoms with van der Waals surface area (Å²) in [6, 6.07) is 35.2. The number of rotatable bonds is 8. The van der Waals surface area contributed by atoms with Gasteiger partial charge < -0.3 is 4.74 Å². The highest BCUT2D eigenvalue weighted by molar-refractivity contribution is 6.37. The molecule has 0 saturated heterocycles. The van der Waals surface area contributed by atoms with Crippen LogP contribution >= 0.6 is 0 Å². The van der Waals surface area contributed by atoms with Gasteiger partial charge in [0.1, 0.15) is 18.1 Å². The van der Waals surface area contributed by atoms with Gasteiger partial charge in [-0.1, -0.05) is 79.4 Å². The number of carbonyl (C=O) groups excluding carboxylic acids is 1. The summed E-state index contributed by atoms with van der Waals surface area (Å²) in [5, 5.41) is 11.2. The predicted molar refractivity (Wildman–Crippen MR) is 164 cm³/mol. The molecule has 6 heteroatoms. The Kier molecular flexibility index (Phi) is 7.11. The number of hydrogen-bond donors (Lipinski definition) is 0. The van der Waals surface area contributed by atoms with Gasteiger partial charge in [0.05, 0.1) is 22.6 Å². The van der Waals surface area contributed by atoms with Gasteiger partial charge in [-0.3, -0.25) is 4.79 Å². The van der Waals surface area contributed by atoms with Crippen LogP contribution in [0.1, 0.15) is 16.7 Å². The van der Waals surface area contributed by atoms with Crippen molar-refractivity contribution in [1.29, 1.82) is 0 Å². The first-order valence-electron chi connectivity index (χ1n) is 13.4. The molecule has 2 heterocycles. The molecule has 41 heavy (non-hydrogen) atoms. The average Bonchev–Trinajstić information content (AvgIpc) is 3.59. The molecule has 4 aromatic carbocycles. The molecular weight excluding hydrogens is 508 g/mol. The number of carbonyl (C=O) groups is 1. The first kappa shape index (κ1) is 25.8. The Labute approximate surface area is 239 Å². The Balaban J connectivity index is 1.50. The number of hydrogen-bond acceptors (Lipinski definition) is 4. The van der Waals surface area contributed by atoms with E-state index in [9.17, 15) is 4.79 Å². The molecule has 0 atom stereocenters. The number of amides is 1. The quantitative estimate of drug-likeness (QED) is 0.155. The fourth-order valence-electron chi connectivity index (χ4n) is 4.79. The second-order valence-electron chi connectivity index (χ2n) is 9.62. The van der Waals surface area contributed by atoms with Crippen LogP contribution in [0.2, 0.25) is 0 Å². The highest BCUT2D eigenvalue weighted by atomic mass is 16.5. The third-order valence-electron chi connectivity index (χ3n) is 6.79. The van der Waals surface area contributed by atoms with Crippen LogP contribution < -0.4 is 9.75 Å². The lowest BCUT2D eigenvalue weighted by atomic mass is 9.98. The first-order valence-corrected chi connectivity index (χ1v) is 13.4. The van der Waals surface area contributed by atoms with Crippen molar-refractivity contribution in [3.63, 3.8) is 0 Å². The van der Waals surface area contributed by atoms with Gasteiger partial charge in [0.25, 0.3) is 5.91 Å². The molecule has 0 bridgehead atoms. The van der Waals surface area contributed by atoms with Gasteiger partial charge in [0.15, 0.2) is 0 Å². The van der Waals surface area contributed by atoms with E-state index < -0.39 is 0 Å². The molecule has 1 aliphatic rings. The highest BCUT2D eigenvalue weighted by Gasteiger charge is 2.32. The van der Waals surface area contributed by atoms with E-state index in [1.165, 1.54) is 5.01 Å². The van der Waals surface area contributed by atoms with E-state index in [4.69, 9.17) is 14.9 Å². The maximum atomic E-state index is 13.9. The Morgan fingerprint density at radius 1 is 0.829 bits per heavy atom. The Hall–Kier alpha value is -5.49. The fourth-order valence-corrected chi connectivity index (χ4v) is 4.79. The van der Waals surface area contributed by atoms with E-state index in [1.54, 1.807) is 6.08 Å². The number of benzene rings is 4. The van der Waals surface area contributed by atoms with Crippen molar-refractivity contribution in [2.24, 2.45) is 5.10 Å². The molecule has 1 aliphatic heterocycles. The minimum absolute atomic E-state index is 0.196.